The molecule has 0 fully saturated rings. The van der Waals surface area contributed by atoms with E-state index in [2.05, 4.69) is 0 Å². The van der Waals surface area contributed by atoms with Crippen LogP contribution in [0.3, 0.4) is 0 Å². The standard InChI is InChI=1S/H3O4P.H2O.Ti.H2/c1-5(2,3)4;;;/h(H3,1,2,3,4);1H2;;1H/p-3. The van der Waals surface area contributed by atoms with Crippen molar-refractivity contribution in [3.8, 4) is 0 Å². The second-order valence-electron chi connectivity index (χ2n) is 0.447. The van der Waals surface area contributed by atoms with E-state index in [1.54, 1.807) is 0 Å². The second-order valence-corrected chi connectivity index (χ2v) is 1.34. The number of rotatable bonds is 0. The van der Waals surface area contributed by atoms with Crippen LogP contribution in [-0.4, -0.2) is 5.48 Å². The van der Waals surface area contributed by atoms with Crippen molar-refractivity contribution in [3.05, 3.63) is 0 Å². The van der Waals surface area contributed by atoms with Crippen LogP contribution in [-0.2, 0) is 21.7 Å². The minimum Gasteiger partial charge on any atom is -0.692 e. The van der Waals surface area contributed by atoms with Gasteiger partial charge in [0.05, 0.1) is 0 Å². The zero-order chi connectivity index (χ0) is 4.50. The van der Waals surface area contributed by atoms with Gasteiger partial charge in [-0.25, -0.2) is 8.17 Å². The van der Waals surface area contributed by atoms with E-state index in [1.165, 1.54) is 0 Å². The molecular formula is H4O5PTi-3. The van der Waals surface area contributed by atoms with Gasteiger partial charge in [0.25, 0.3) is 0 Å². The monoisotopic (exact) mass is 163 g/mol. The third-order valence-corrected chi connectivity index (χ3v) is 0. The zero-order valence-corrected chi connectivity index (χ0v) is 5.54. The van der Waals surface area contributed by atoms with Crippen LogP contribution >= 0.6 is 8.17 Å². The molecule has 5 nitrogen and oxygen atoms in total. The van der Waals surface area contributed by atoms with E-state index in [1.807, 2.05) is 0 Å². The Morgan fingerprint density at radius 3 is 1.00 bits per heavy atom. The summed E-state index contributed by atoms with van der Waals surface area (Å²) < 4.78 is 0. The van der Waals surface area contributed by atoms with Gasteiger partial charge in [0.1, 0.15) is 0 Å². The van der Waals surface area contributed by atoms with Crippen LogP contribution in [0.1, 0.15) is 1.43 Å². The van der Waals surface area contributed by atoms with Crippen molar-refractivity contribution < 1.29 is 48.2 Å². The van der Waals surface area contributed by atoms with Crippen LogP contribution in [0.5, 0.6) is 0 Å². The van der Waals surface area contributed by atoms with Gasteiger partial charge in [0, 0.05) is 23.1 Å². The van der Waals surface area contributed by atoms with E-state index in [0.717, 1.165) is 0 Å². The average molecular weight is 163 g/mol. The molecule has 0 amide bonds. The van der Waals surface area contributed by atoms with Crippen molar-refractivity contribution in [2.75, 3.05) is 0 Å². The topological polar surface area (TPSA) is 124 Å². The minimum absolute atomic E-state index is 0. The fraction of sp³-hybridized carbons (Fsp3) is 0. The first-order valence-corrected chi connectivity index (χ1v) is 2.19. The molecule has 0 saturated carbocycles. The van der Waals surface area contributed by atoms with E-state index in [-0.39, 0.29) is 28.6 Å². The molecule has 0 radical (unpaired) electrons. The summed E-state index contributed by atoms with van der Waals surface area (Å²) in [5, 5.41) is 0. The van der Waals surface area contributed by atoms with Gasteiger partial charge >= 0.3 is 0 Å². The maximum Gasteiger partial charge on any atom is 0 e. The van der Waals surface area contributed by atoms with E-state index < -0.39 is 8.17 Å². The predicted molar refractivity (Wildman–Crippen MR) is 12.6 cm³/mol. The summed E-state index contributed by atoms with van der Waals surface area (Å²) >= 11 is 0. The molecule has 46 valence electrons. The van der Waals surface area contributed by atoms with Gasteiger partial charge in [-0.1, -0.05) is 0 Å². The van der Waals surface area contributed by atoms with Crippen molar-refractivity contribution in [2.45, 2.75) is 0 Å². The Morgan fingerprint density at radius 1 is 1.00 bits per heavy atom. The Hall–Kier alpha value is 0.944. The summed E-state index contributed by atoms with van der Waals surface area (Å²) in [5.41, 5.74) is 0. The molecule has 0 spiro atoms. The van der Waals surface area contributed by atoms with Crippen LogP contribution in [0.4, 0.5) is 0 Å². The van der Waals surface area contributed by atoms with E-state index in [4.69, 9.17) is 19.6 Å². The molecule has 0 aromatic rings. The second kappa shape index (κ2) is 5.09. The molecule has 0 aromatic carbocycles. The summed E-state index contributed by atoms with van der Waals surface area (Å²) in [6, 6.07) is 0. The number of phosphoric acid groups is 1. The number of hydrogen-bond donors (Lipinski definition) is 0. The Morgan fingerprint density at radius 2 is 1.00 bits per heavy atom. The van der Waals surface area contributed by atoms with E-state index in [9.17, 15) is 0 Å². The SMILES string of the molecule is O.[HH].[O-][P+]([O-])([O-])[O-].[Ti]. The van der Waals surface area contributed by atoms with Gasteiger partial charge < -0.3 is 25.0 Å². The minimum atomic E-state index is -5.39. The molecule has 7 heavy (non-hydrogen) atoms. The Labute approximate surface area is 57.0 Å². The van der Waals surface area contributed by atoms with Gasteiger partial charge in [-0.05, 0) is 0 Å². The summed E-state index contributed by atoms with van der Waals surface area (Å²) in [7, 11) is -5.39. The smallest absolute Gasteiger partial charge is 0 e. The van der Waals surface area contributed by atoms with Gasteiger partial charge in [-0.15, -0.1) is 0 Å². The molecule has 0 aliphatic carbocycles. The average Bonchev–Trinajstić information content (AvgIpc) is 0.722. The first kappa shape index (κ1) is 15.7. The van der Waals surface area contributed by atoms with E-state index in [0.29, 0.717) is 0 Å². The summed E-state index contributed by atoms with van der Waals surface area (Å²) in [6.07, 6.45) is 0. The Bertz CT molecular complexity index is 27.9. The first-order valence-electron chi connectivity index (χ1n) is 0.730. The van der Waals surface area contributed by atoms with Crippen LogP contribution in [0.25, 0.3) is 0 Å². The van der Waals surface area contributed by atoms with E-state index >= 15 is 0 Å². The van der Waals surface area contributed by atoms with Crippen molar-refractivity contribution in [3.63, 3.8) is 0 Å². The molecule has 7 heteroatoms. The molecule has 0 bridgehead atoms. The van der Waals surface area contributed by atoms with Gasteiger partial charge in [-0.3, -0.25) is 0 Å². The molecule has 0 aromatic heterocycles. The zero-order valence-electron chi connectivity index (χ0n) is 3.08. The molecule has 0 heterocycles. The van der Waals surface area contributed by atoms with Crippen molar-refractivity contribution in [1.29, 1.82) is 0 Å². The van der Waals surface area contributed by atoms with Crippen molar-refractivity contribution >= 4 is 8.17 Å². The maximum atomic E-state index is 8.55. The molecular weight excluding hydrogens is 159 g/mol. The third-order valence-electron chi connectivity index (χ3n) is 0. The fourth-order valence-corrected chi connectivity index (χ4v) is 0. The Balaban J connectivity index is -0.0000000267. The van der Waals surface area contributed by atoms with Gasteiger partial charge in [0.15, 0.2) is 0 Å². The van der Waals surface area contributed by atoms with Crippen LogP contribution in [0.15, 0.2) is 0 Å². The van der Waals surface area contributed by atoms with Crippen LogP contribution < -0.4 is 19.6 Å². The van der Waals surface area contributed by atoms with Gasteiger partial charge in [-0.2, -0.15) is 0 Å². The Kier molecular flexibility index (Phi) is 11.4. The van der Waals surface area contributed by atoms with Crippen LogP contribution in [0.2, 0.25) is 0 Å². The number of hydrogen-bond acceptors (Lipinski definition) is 4. The fourth-order valence-electron chi connectivity index (χ4n) is 0. The van der Waals surface area contributed by atoms with Crippen molar-refractivity contribution in [2.24, 2.45) is 0 Å². The molecule has 0 saturated heterocycles. The summed E-state index contributed by atoms with van der Waals surface area (Å²) in [5.74, 6) is 0. The largest absolute Gasteiger partial charge is 0.692 e. The molecule has 0 aliphatic rings. The molecule has 0 unspecified atom stereocenters. The predicted octanol–water partition coefficient (Wildman–Crippen LogP) is -4.48. The summed E-state index contributed by atoms with van der Waals surface area (Å²) in [4.78, 5) is 34.2. The molecule has 0 rings (SSSR count). The van der Waals surface area contributed by atoms with Crippen LogP contribution in [0, 0.1) is 0 Å². The van der Waals surface area contributed by atoms with Crippen molar-refractivity contribution in [1.82, 2.24) is 0 Å². The quantitative estimate of drug-likeness (QED) is 0.263. The maximum absolute atomic E-state index is 8.55. The van der Waals surface area contributed by atoms with Gasteiger partial charge in [0.2, 0.25) is 0 Å². The molecule has 0 atom stereocenters. The normalized spacial score (nSPS) is 8.57. The third kappa shape index (κ3) is 190. The summed E-state index contributed by atoms with van der Waals surface area (Å²) in [6.45, 7) is 0. The molecule has 0 aliphatic heterocycles. The first-order chi connectivity index (χ1) is 2.00. The molecule has 2 N–H and O–H groups in total.